The third-order valence-electron chi connectivity index (χ3n) is 3.17. The van der Waals surface area contributed by atoms with E-state index >= 15 is 0 Å². The van der Waals surface area contributed by atoms with Gasteiger partial charge in [-0.3, -0.25) is 0 Å². The molecule has 0 fully saturated rings. The Morgan fingerprint density at radius 1 is 0.913 bits per heavy atom. The van der Waals surface area contributed by atoms with E-state index in [0.29, 0.717) is 34.5 Å². The number of anilines is 1. The fourth-order valence-corrected chi connectivity index (χ4v) is 2.12. The van der Waals surface area contributed by atoms with E-state index in [2.05, 4.69) is 25.2 Å². The standard InChI is InChI=1S/C15H11N7O/c16-14-5-8-22(20-14)15-17-7-4-12(19-15)10-2-1-3-11(18-10)13-6-9-23-21-13/h1-9H,(H2,16,20). The molecule has 0 saturated heterocycles. The Morgan fingerprint density at radius 2 is 1.74 bits per heavy atom. The van der Waals surface area contributed by atoms with Crippen LogP contribution in [0.4, 0.5) is 5.82 Å². The van der Waals surface area contributed by atoms with Gasteiger partial charge in [-0.2, -0.15) is 0 Å². The lowest BCUT2D eigenvalue weighted by atomic mass is 10.2. The lowest BCUT2D eigenvalue weighted by Crippen LogP contribution is -2.03. The smallest absolute Gasteiger partial charge is 0.251 e. The van der Waals surface area contributed by atoms with Crippen molar-refractivity contribution in [2.45, 2.75) is 0 Å². The third-order valence-corrected chi connectivity index (χ3v) is 3.17. The predicted molar refractivity (Wildman–Crippen MR) is 82.3 cm³/mol. The minimum Gasteiger partial charge on any atom is -0.382 e. The van der Waals surface area contributed by atoms with Crippen molar-refractivity contribution in [3.63, 3.8) is 0 Å². The van der Waals surface area contributed by atoms with Crippen LogP contribution >= 0.6 is 0 Å². The molecule has 0 saturated carbocycles. The maximum Gasteiger partial charge on any atom is 0.251 e. The molecule has 8 nitrogen and oxygen atoms in total. The number of hydrogen-bond acceptors (Lipinski definition) is 7. The predicted octanol–water partition coefficient (Wildman–Crippen LogP) is 1.96. The molecule has 0 unspecified atom stereocenters. The van der Waals surface area contributed by atoms with Crippen molar-refractivity contribution in [1.29, 1.82) is 0 Å². The normalized spacial score (nSPS) is 10.8. The fourth-order valence-electron chi connectivity index (χ4n) is 2.12. The Balaban J connectivity index is 1.75. The van der Waals surface area contributed by atoms with Crippen LogP contribution in [0.25, 0.3) is 28.7 Å². The summed E-state index contributed by atoms with van der Waals surface area (Å²) >= 11 is 0. The number of aromatic nitrogens is 6. The fraction of sp³-hybridized carbons (Fsp3) is 0. The number of nitrogens with zero attached hydrogens (tertiary/aromatic N) is 6. The largest absolute Gasteiger partial charge is 0.382 e. The summed E-state index contributed by atoms with van der Waals surface area (Å²) < 4.78 is 6.37. The number of rotatable bonds is 3. The Labute approximate surface area is 130 Å². The highest BCUT2D eigenvalue weighted by Gasteiger charge is 2.09. The zero-order chi connectivity index (χ0) is 15.6. The van der Waals surface area contributed by atoms with Gasteiger partial charge in [0.05, 0.1) is 17.1 Å². The average Bonchev–Trinajstić information content (AvgIpc) is 3.27. The SMILES string of the molecule is Nc1ccn(-c2nccc(-c3cccc(-c4ccon4)n3)n2)n1. The average molecular weight is 305 g/mol. The van der Waals surface area contributed by atoms with Gasteiger partial charge in [-0.25, -0.2) is 19.6 Å². The molecule has 0 amide bonds. The minimum absolute atomic E-state index is 0.408. The zero-order valence-electron chi connectivity index (χ0n) is 11.9. The molecule has 0 spiro atoms. The van der Waals surface area contributed by atoms with Crippen molar-refractivity contribution < 1.29 is 4.52 Å². The summed E-state index contributed by atoms with van der Waals surface area (Å²) in [6.07, 6.45) is 4.86. The molecular formula is C15H11N7O. The van der Waals surface area contributed by atoms with Gasteiger partial charge in [0.1, 0.15) is 17.8 Å². The van der Waals surface area contributed by atoms with E-state index in [1.807, 2.05) is 18.2 Å². The molecule has 0 atom stereocenters. The molecule has 8 heteroatoms. The number of pyridine rings is 1. The first-order valence-electron chi connectivity index (χ1n) is 6.82. The molecule has 0 aliphatic carbocycles. The van der Waals surface area contributed by atoms with E-state index in [0.717, 1.165) is 0 Å². The number of nitrogen functional groups attached to an aromatic ring is 1. The molecule has 4 rings (SSSR count). The van der Waals surface area contributed by atoms with E-state index in [9.17, 15) is 0 Å². The number of hydrogen-bond donors (Lipinski definition) is 1. The lowest BCUT2D eigenvalue weighted by Gasteiger charge is -2.04. The van der Waals surface area contributed by atoms with Crippen molar-refractivity contribution >= 4 is 5.82 Å². The molecule has 23 heavy (non-hydrogen) atoms. The first-order chi connectivity index (χ1) is 11.3. The van der Waals surface area contributed by atoms with Crippen LogP contribution in [0.5, 0.6) is 0 Å². The highest BCUT2D eigenvalue weighted by atomic mass is 16.5. The van der Waals surface area contributed by atoms with Gasteiger partial charge in [-0.15, -0.1) is 5.10 Å². The van der Waals surface area contributed by atoms with Crippen molar-refractivity contribution in [3.8, 4) is 28.7 Å². The molecule has 0 bridgehead atoms. The van der Waals surface area contributed by atoms with Crippen LogP contribution in [0.3, 0.4) is 0 Å². The van der Waals surface area contributed by atoms with Crippen LogP contribution in [0.2, 0.25) is 0 Å². The lowest BCUT2D eigenvalue weighted by molar-refractivity contribution is 0.422. The van der Waals surface area contributed by atoms with Gasteiger partial charge >= 0.3 is 0 Å². The van der Waals surface area contributed by atoms with Gasteiger partial charge in [0.15, 0.2) is 0 Å². The van der Waals surface area contributed by atoms with E-state index in [-0.39, 0.29) is 0 Å². The minimum atomic E-state index is 0.408. The van der Waals surface area contributed by atoms with Crippen LogP contribution in [-0.4, -0.2) is 29.9 Å². The molecule has 4 aromatic heterocycles. The molecule has 2 N–H and O–H groups in total. The highest BCUT2D eigenvalue weighted by Crippen LogP contribution is 2.20. The first-order valence-corrected chi connectivity index (χ1v) is 6.82. The Kier molecular flexibility index (Phi) is 3.05. The Bertz CT molecular complexity index is 946. The van der Waals surface area contributed by atoms with E-state index in [4.69, 9.17) is 10.3 Å². The second-order valence-electron chi connectivity index (χ2n) is 4.72. The van der Waals surface area contributed by atoms with Gasteiger partial charge in [0.25, 0.3) is 5.95 Å². The Hall–Kier alpha value is -3.55. The summed E-state index contributed by atoms with van der Waals surface area (Å²) in [7, 11) is 0. The van der Waals surface area contributed by atoms with Crippen LogP contribution in [-0.2, 0) is 0 Å². The second-order valence-corrected chi connectivity index (χ2v) is 4.72. The van der Waals surface area contributed by atoms with Gasteiger partial charge < -0.3 is 10.3 Å². The summed E-state index contributed by atoms with van der Waals surface area (Å²) in [5.74, 6) is 0.831. The van der Waals surface area contributed by atoms with Crippen molar-refractivity contribution in [2.24, 2.45) is 0 Å². The molecule has 0 radical (unpaired) electrons. The second kappa shape index (κ2) is 5.34. The molecule has 0 aliphatic heterocycles. The zero-order valence-corrected chi connectivity index (χ0v) is 11.9. The van der Waals surface area contributed by atoms with Crippen LogP contribution in [0.1, 0.15) is 0 Å². The van der Waals surface area contributed by atoms with Gasteiger partial charge in [0, 0.05) is 24.5 Å². The van der Waals surface area contributed by atoms with E-state index < -0.39 is 0 Å². The highest BCUT2D eigenvalue weighted by molar-refractivity contribution is 5.61. The summed E-state index contributed by atoms with van der Waals surface area (Å²) in [5, 5.41) is 7.99. The molecule has 0 aromatic carbocycles. The maximum atomic E-state index is 5.62. The quantitative estimate of drug-likeness (QED) is 0.616. The van der Waals surface area contributed by atoms with E-state index in [1.165, 1.54) is 10.9 Å². The van der Waals surface area contributed by atoms with Crippen LogP contribution < -0.4 is 5.73 Å². The molecule has 112 valence electrons. The Morgan fingerprint density at radius 3 is 2.48 bits per heavy atom. The first kappa shape index (κ1) is 13.1. The van der Waals surface area contributed by atoms with Gasteiger partial charge in [-0.1, -0.05) is 11.2 Å². The molecule has 4 heterocycles. The molecule has 4 aromatic rings. The van der Waals surface area contributed by atoms with Crippen molar-refractivity contribution in [2.75, 3.05) is 5.73 Å². The van der Waals surface area contributed by atoms with Crippen molar-refractivity contribution in [1.82, 2.24) is 29.9 Å². The molecular weight excluding hydrogens is 294 g/mol. The summed E-state index contributed by atoms with van der Waals surface area (Å²) in [6.45, 7) is 0. The van der Waals surface area contributed by atoms with Crippen LogP contribution in [0, 0.1) is 0 Å². The summed E-state index contributed by atoms with van der Waals surface area (Å²) in [4.78, 5) is 13.2. The van der Waals surface area contributed by atoms with Gasteiger partial charge in [0.2, 0.25) is 0 Å². The number of nitrogens with two attached hydrogens (primary N) is 1. The summed E-state index contributed by atoms with van der Waals surface area (Å²) in [5.41, 5.74) is 8.38. The topological polar surface area (TPSA) is 109 Å². The van der Waals surface area contributed by atoms with Crippen molar-refractivity contribution in [3.05, 3.63) is 55.1 Å². The monoisotopic (exact) mass is 305 g/mol. The van der Waals surface area contributed by atoms with Gasteiger partial charge in [-0.05, 0) is 18.2 Å². The van der Waals surface area contributed by atoms with E-state index in [1.54, 1.807) is 30.6 Å². The molecule has 0 aliphatic rings. The third kappa shape index (κ3) is 2.53. The maximum absolute atomic E-state index is 5.62. The van der Waals surface area contributed by atoms with Crippen LogP contribution in [0.15, 0.2) is 59.6 Å². The summed E-state index contributed by atoms with van der Waals surface area (Å²) in [6, 6.07) is 10.8.